The summed E-state index contributed by atoms with van der Waals surface area (Å²) >= 11 is 0. The lowest BCUT2D eigenvalue weighted by molar-refractivity contribution is -0.117. The molecule has 0 radical (unpaired) electrons. The molecule has 0 saturated carbocycles. The van der Waals surface area contributed by atoms with E-state index >= 15 is 0 Å². The first kappa shape index (κ1) is 14.1. The normalized spacial score (nSPS) is 19.1. The van der Waals surface area contributed by atoms with Crippen molar-refractivity contribution < 1.29 is 4.79 Å². The minimum Gasteiger partial charge on any atom is -0.323 e. The van der Waals surface area contributed by atoms with E-state index in [-0.39, 0.29) is 5.91 Å². The van der Waals surface area contributed by atoms with Crippen LogP contribution in [-0.2, 0) is 4.79 Å². The number of hydrogen-bond donors (Lipinski definition) is 2. The highest BCUT2D eigenvalue weighted by Gasteiger charge is 2.20. The van der Waals surface area contributed by atoms with Crippen LogP contribution in [-0.4, -0.2) is 28.8 Å². The Labute approximate surface area is 114 Å². The Kier molecular flexibility index (Phi) is 4.24. The summed E-state index contributed by atoms with van der Waals surface area (Å²) in [5.41, 5.74) is 2.80. The van der Waals surface area contributed by atoms with Crippen molar-refractivity contribution in [3.63, 3.8) is 0 Å². The number of nitrogens with zero attached hydrogens (tertiary/aromatic N) is 2. The Morgan fingerprint density at radius 2 is 2.26 bits per heavy atom. The molecule has 1 atom stereocenters. The molecule has 0 bridgehead atoms. The molecule has 1 aromatic rings. The maximum atomic E-state index is 12.1. The number of aromatic nitrogens is 2. The largest absolute Gasteiger partial charge is 0.323 e. The van der Waals surface area contributed by atoms with Crippen LogP contribution in [0.1, 0.15) is 44.1 Å². The van der Waals surface area contributed by atoms with Crippen LogP contribution in [0.5, 0.6) is 0 Å². The second-order valence-electron chi connectivity index (χ2n) is 5.70. The molecule has 0 aliphatic carbocycles. The molecule has 1 aliphatic heterocycles. The lowest BCUT2D eigenvalue weighted by Gasteiger charge is -2.11. The summed E-state index contributed by atoms with van der Waals surface area (Å²) in [7, 11) is 0. The summed E-state index contributed by atoms with van der Waals surface area (Å²) in [5.74, 6) is 0.573. The van der Waals surface area contributed by atoms with Crippen LogP contribution in [0.4, 0.5) is 5.69 Å². The Morgan fingerprint density at radius 3 is 2.79 bits per heavy atom. The molecule has 5 nitrogen and oxygen atoms in total. The van der Waals surface area contributed by atoms with Gasteiger partial charge in [0.05, 0.1) is 17.1 Å². The summed E-state index contributed by atoms with van der Waals surface area (Å²) < 4.78 is 1.96. The number of nitrogens with one attached hydrogen (secondary N) is 2. The van der Waals surface area contributed by atoms with Crippen molar-refractivity contribution in [3.8, 4) is 0 Å². The van der Waals surface area contributed by atoms with Gasteiger partial charge in [-0.15, -0.1) is 0 Å². The summed E-state index contributed by atoms with van der Waals surface area (Å²) in [6.07, 6.45) is 1.69. The van der Waals surface area contributed by atoms with Gasteiger partial charge in [-0.05, 0) is 53.1 Å². The Bertz CT molecular complexity index is 458. The van der Waals surface area contributed by atoms with Crippen LogP contribution in [0.25, 0.3) is 0 Å². The highest BCUT2D eigenvalue weighted by molar-refractivity contribution is 5.92. The first-order chi connectivity index (χ1) is 8.99. The number of hydrogen-bond acceptors (Lipinski definition) is 3. The average Bonchev–Trinajstić information content (AvgIpc) is 2.92. The van der Waals surface area contributed by atoms with Gasteiger partial charge < -0.3 is 10.6 Å². The van der Waals surface area contributed by atoms with Gasteiger partial charge in [0.2, 0.25) is 5.91 Å². The zero-order valence-electron chi connectivity index (χ0n) is 12.3. The average molecular weight is 264 g/mol. The maximum Gasteiger partial charge on any atom is 0.224 e. The molecular weight excluding hydrogens is 240 g/mol. The number of aryl methyl sites for hydroxylation is 1. The molecule has 2 rings (SSSR count). The molecule has 5 heteroatoms. The quantitative estimate of drug-likeness (QED) is 0.874. The third kappa shape index (κ3) is 3.15. The van der Waals surface area contributed by atoms with Crippen molar-refractivity contribution in [1.82, 2.24) is 15.1 Å². The van der Waals surface area contributed by atoms with Gasteiger partial charge in [-0.25, -0.2) is 0 Å². The van der Waals surface area contributed by atoms with Gasteiger partial charge in [0, 0.05) is 12.5 Å². The second-order valence-corrected chi connectivity index (χ2v) is 5.70. The van der Waals surface area contributed by atoms with Crippen LogP contribution in [0.2, 0.25) is 0 Å². The van der Waals surface area contributed by atoms with Crippen LogP contribution < -0.4 is 10.6 Å². The molecule has 2 N–H and O–H groups in total. The van der Waals surface area contributed by atoms with E-state index in [0.29, 0.717) is 18.4 Å². The minimum atomic E-state index is 0.100. The predicted octanol–water partition coefficient (Wildman–Crippen LogP) is 2.02. The highest BCUT2D eigenvalue weighted by atomic mass is 16.1. The summed E-state index contributed by atoms with van der Waals surface area (Å²) in [5, 5.41) is 10.8. The van der Waals surface area contributed by atoms with Crippen molar-refractivity contribution >= 4 is 11.6 Å². The summed E-state index contributed by atoms with van der Waals surface area (Å²) in [6, 6.07) is 0.309. The third-order valence-electron chi connectivity index (χ3n) is 3.71. The summed E-state index contributed by atoms with van der Waals surface area (Å²) in [4.78, 5) is 12.1. The smallest absolute Gasteiger partial charge is 0.224 e. The SMILES string of the molecule is Cc1nn(C(C)C)c(C)c1NC(=O)CC1CCNC1. The molecule has 1 unspecified atom stereocenters. The molecule has 1 aliphatic rings. The predicted molar refractivity (Wildman–Crippen MR) is 76.3 cm³/mol. The molecule has 0 spiro atoms. The third-order valence-corrected chi connectivity index (χ3v) is 3.71. The zero-order valence-corrected chi connectivity index (χ0v) is 12.3. The molecule has 1 saturated heterocycles. The van der Waals surface area contributed by atoms with Gasteiger partial charge >= 0.3 is 0 Å². The molecule has 1 amide bonds. The van der Waals surface area contributed by atoms with E-state index in [0.717, 1.165) is 36.6 Å². The van der Waals surface area contributed by atoms with Crippen molar-refractivity contribution in [2.45, 2.75) is 46.6 Å². The van der Waals surface area contributed by atoms with E-state index in [2.05, 4.69) is 29.6 Å². The molecule has 1 fully saturated rings. The van der Waals surface area contributed by atoms with E-state index in [1.165, 1.54) is 0 Å². The second kappa shape index (κ2) is 5.74. The number of anilines is 1. The molecule has 0 aromatic carbocycles. The standard InChI is InChI=1S/C14H24N4O/c1-9(2)18-11(4)14(10(3)17-18)16-13(19)7-12-5-6-15-8-12/h9,12,15H,5-8H2,1-4H3,(H,16,19). The fourth-order valence-corrected chi connectivity index (χ4v) is 2.69. The van der Waals surface area contributed by atoms with Gasteiger partial charge in [-0.1, -0.05) is 0 Å². The van der Waals surface area contributed by atoms with Crippen molar-refractivity contribution in [2.24, 2.45) is 5.92 Å². The lowest BCUT2D eigenvalue weighted by atomic mass is 10.0. The Hall–Kier alpha value is -1.36. The lowest BCUT2D eigenvalue weighted by Crippen LogP contribution is -2.19. The van der Waals surface area contributed by atoms with Gasteiger partial charge in [-0.3, -0.25) is 9.48 Å². The molecule has 1 aromatic heterocycles. The fraction of sp³-hybridized carbons (Fsp3) is 0.714. The first-order valence-electron chi connectivity index (χ1n) is 7.05. The van der Waals surface area contributed by atoms with Gasteiger partial charge in [0.25, 0.3) is 0 Å². The number of carbonyl (C=O) groups is 1. The van der Waals surface area contributed by atoms with Crippen molar-refractivity contribution in [1.29, 1.82) is 0 Å². The van der Waals surface area contributed by atoms with Gasteiger partial charge in [-0.2, -0.15) is 5.10 Å². The molecule has 19 heavy (non-hydrogen) atoms. The monoisotopic (exact) mass is 264 g/mol. The Balaban J connectivity index is 2.03. The van der Waals surface area contributed by atoms with Crippen LogP contribution in [0.3, 0.4) is 0 Å². The van der Waals surface area contributed by atoms with Crippen molar-refractivity contribution in [2.75, 3.05) is 18.4 Å². The Morgan fingerprint density at radius 1 is 1.53 bits per heavy atom. The number of rotatable bonds is 4. The van der Waals surface area contributed by atoms with E-state index in [1.54, 1.807) is 0 Å². The number of amides is 1. The fourth-order valence-electron chi connectivity index (χ4n) is 2.69. The first-order valence-corrected chi connectivity index (χ1v) is 7.05. The van der Waals surface area contributed by atoms with E-state index < -0.39 is 0 Å². The molecule has 106 valence electrons. The van der Waals surface area contributed by atoms with Crippen molar-refractivity contribution in [3.05, 3.63) is 11.4 Å². The highest BCUT2D eigenvalue weighted by Crippen LogP contribution is 2.23. The summed E-state index contributed by atoms with van der Waals surface area (Å²) in [6.45, 7) is 10.1. The van der Waals surface area contributed by atoms with E-state index in [9.17, 15) is 4.79 Å². The van der Waals surface area contributed by atoms with E-state index in [4.69, 9.17) is 0 Å². The van der Waals surface area contributed by atoms with Gasteiger partial charge in [0.1, 0.15) is 0 Å². The zero-order chi connectivity index (χ0) is 14.0. The van der Waals surface area contributed by atoms with Crippen LogP contribution in [0.15, 0.2) is 0 Å². The molecule has 2 heterocycles. The topological polar surface area (TPSA) is 59.0 Å². The van der Waals surface area contributed by atoms with E-state index in [1.807, 2.05) is 18.5 Å². The molecular formula is C14H24N4O. The van der Waals surface area contributed by atoms with Crippen LogP contribution in [0, 0.1) is 19.8 Å². The minimum absolute atomic E-state index is 0.100. The van der Waals surface area contributed by atoms with Gasteiger partial charge in [0.15, 0.2) is 0 Å². The maximum absolute atomic E-state index is 12.1. The number of carbonyl (C=O) groups excluding carboxylic acids is 1. The van der Waals surface area contributed by atoms with Crippen LogP contribution >= 0.6 is 0 Å².